The second-order valence-electron chi connectivity index (χ2n) is 14.3. The summed E-state index contributed by atoms with van der Waals surface area (Å²) in [7, 11) is -3.48. The predicted octanol–water partition coefficient (Wildman–Crippen LogP) is 10.9. The van der Waals surface area contributed by atoms with Crippen LogP contribution in [0.25, 0.3) is 0 Å². The predicted molar refractivity (Wildman–Crippen MR) is 179 cm³/mol. The monoisotopic (exact) mass is 630 g/mol. The minimum Gasteiger partial charge on any atom is -0.487 e. The number of fused-ring (bicyclic) bond motifs is 3. The molecule has 1 aliphatic heterocycles. The molecule has 1 aromatic rings. The molecule has 0 amide bonds. The molecule has 6 nitrogen and oxygen atoms in total. The molecule has 2 unspecified atom stereocenters. The Morgan fingerprint density at radius 3 is 2.39 bits per heavy atom. The summed E-state index contributed by atoms with van der Waals surface area (Å²) in [5.74, 6) is 1.33. The van der Waals surface area contributed by atoms with Crippen molar-refractivity contribution in [2.75, 3.05) is 13.3 Å². The number of ether oxygens (including phenoxy) is 2. The Labute approximate surface area is 267 Å². The molecule has 0 N–H and O–H groups in total. The molecule has 3 atom stereocenters. The van der Waals surface area contributed by atoms with E-state index in [9.17, 15) is 9.36 Å². The van der Waals surface area contributed by atoms with Crippen molar-refractivity contribution in [3.8, 4) is 11.5 Å². The number of unbranched alkanes of at least 4 members (excludes halogenated alkanes) is 7. The largest absolute Gasteiger partial charge is 0.487 e. The molecular formula is C37H59O6P. The number of aryl methyl sites for hydroxylation is 1. The lowest BCUT2D eigenvalue weighted by Crippen LogP contribution is -2.47. The molecule has 248 valence electrons. The highest BCUT2D eigenvalue weighted by Gasteiger charge is 2.49. The van der Waals surface area contributed by atoms with E-state index in [1.807, 2.05) is 0 Å². The zero-order chi connectivity index (χ0) is 31.8. The van der Waals surface area contributed by atoms with Crippen molar-refractivity contribution < 1.29 is 27.9 Å². The van der Waals surface area contributed by atoms with Gasteiger partial charge in [-0.3, -0.25) is 9.09 Å². The van der Waals surface area contributed by atoms with Gasteiger partial charge in [-0.05, 0) is 96.3 Å². The van der Waals surface area contributed by atoms with E-state index in [4.69, 9.17) is 18.5 Å². The maximum Gasteiger partial charge on any atom is 0.344 e. The summed E-state index contributed by atoms with van der Waals surface area (Å²) < 4.78 is 38.9. The van der Waals surface area contributed by atoms with E-state index in [1.165, 1.54) is 31.5 Å². The molecule has 1 fully saturated rings. The molecule has 7 heteroatoms. The fraction of sp³-hybridized carbons (Fsp3) is 0.757. The van der Waals surface area contributed by atoms with E-state index < -0.39 is 19.2 Å². The van der Waals surface area contributed by atoms with Crippen LogP contribution in [0.1, 0.15) is 154 Å². The summed E-state index contributed by atoms with van der Waals surface area (Å²) in [6.07, 6.45) is 19.0. The van der Waals surface area contributed by atoms with Crippen LogP contribution in [0, 0.1) is 5.92 Å². The number of allylic oxidation sites excluding steroid dienone is 2. The minimum absolute atomic E-state index is 0.108. The Hall–Kier alpha value is -1.62. The van der Waals surface area contributed by atoms with E-state index in [1.54, 1.807) is 0 Å². The Morgan fingerprint density at radius 1 is 0.977 bits per heavy atom. The molecule has 2 aliphatic carbocycles. The van der Waals surface area contributed by atoms with Crippen LogP contribution in [0.3, 0.4) is 0 Å². The van der Waals surface area contributed by atoms with Crippen molar-refractivity contribution in [2.24, 2.45) is 5.92 Å². The Balaban J connectivity index is 1.59. The van der Waals surface area contributed by atoms with Gasteiger partial charge in [-0.15, -0.1) is 0 Å². The highest BCUT2D eigenvalue weighted by atomic mass is 31.2. The lowest BCUT2D eigenvalue weighted by atomic mass is 9.68. The maximum absolute atomic E-state index is 14.3. The van der Waals surface area contributed by atoms with Crippen molar-refractivity contribution in [3.63, 3.8) is 0 Å². The number of benzene rings is 1. The Bertz CT molecular complexity index is 1180. The van der Waals surface area contributed by atoms with Gasteiger partial charge in [0.1, 0.15) is 17.1 Å². The molecule has 0 saturated heterocycles. The Kier molecular flexibility index (Phi) is 12.6. The fourth-order valence-electron chi connectivity index (χ4n) is 7.47. The van der Waals surface area contributed by atoms with Crippen molar-refractivity contribution >= 4 is 13.6 Å². The normalized spacial score (nSPS) is 23.5. The maximum atomic E-state index is 14.3. The highest BCUT2D eigenvalue weighted by Crippen LogP contribution is 2.55. The lowest BCUT2D eigenvalue weighted by molar-refractivity contribution is -0.156. The molecule has 1 saturated carbocycles. The molecule has 1 heterocycles. The first-order valence-corrected chi connectivity index (χ1v) is 19.7. The zero-order valence-corrected chi connectivity index (χ0v) is 29.4. The van der Waals surface area contributed by atoms with Crippen molar-refractivity contribution in [1.82, 2.24) is 0 Å². The van der Waals surface area contributed by atoms with Gasteiger partial charge >= 0.3 is 13.6 Å². The van der Waals surface area contributed by atoms with Gasteiger partial charge in [-0.2, -0.15) is 0 Å². The second kappa shape index (κ2) is 15.8. The van der Waals surface area contributed by atoms with Gasteiger partial charge < -0.3 is 14.0 Å². The third-order valence-corrected chi connectivity index (χ3v) is 11.3. The first-order chi connectivity index (χ1) is 21.0. The third-order valence-electron chi connectivity index (χ3n) is 9.98. The molecule has 44 heavy (non-hydrogen) atoms. The molecule has 0 radical (unpaired) electrons. The quantitative estimate of drug-likeness (QED) is 0.0595. The van der Waals surface area contributed by atoms with Gasteiger partial charge in [0.15, 0.2) is 5.60 Å². The smallest absolute Gasteiger partial charge is 0.344 e. The van der Waals surface area contributed by atoms with Crippen LogP contribution in [0.15, 0.2) is 23.8 Å². The minimum atomic E-state index is -3.48. The van der Waals surface area contributed by atoms with Crippen LogP contribution in [0.2, 0.25) is 0 Å². The topological polar surface area (TPSA) is 71.1 Å². The van der Waals surface area contributed by atoms with E-state index in [0.29, 0.717) is 25.2 Å². The third kappa shape index (κ3) is 9.01. The fourth-order valence-corrected chi connectivity index (χ4v) is 8.88. The van der Waals surface area contributed by atoms with Crippen molar-refractivity contribution in [1.29, 1.82) is 0 Å². The first kappa shape index (κ1) is 35.2. The molecule has 0 bridgehead atoms. The SMILES string of the molecule is CCCCCCCCOP(C)(=O)OC1(C(=O)Oc2cc(CCCCC)cc3c2C2C=C(C)CC[C@H]2C(C)(C)O3)CCCCC1. The molecule has 3 aliphatic rings. The number of rotatable bonds is 16. The van der Waals surface area contributed by atoms with Crippen LogP contribution in [-0.2, 0) is 24.8 Å². The summed E-state index contributed by atoms with van der Waals surface area (Å²) in [6, 6.07) is 4.22. The Morgan fingerprint density at radius 2 is 1.66 bits per heavy atom. The van der Waals surface area contributed by atoms with Gasteiger partial charge in [0.2, 0.25) is 0 Å². The number of esters is 1. The summed E-state index contributed by atoms with van der Waals surface area (Å²) in [4.78, 5) is 14.3. The standard InChI is InChI=1S/C37H59O6P/c1-7-9-11-12-13-18-24-40-44(6,39)43-37(22-16-14-17-23-37)35(38)41-32-26-29(19-15-10-8-2)27-33-34(32)30-25-28(3)20-21-31(30)36(4,5)42-33/h25-27,30-31H,7-24H2,1-6H3/t30?,31-,44?/m1/s1. The summed E-state index contributed by atoms with van der Waals surface area (Å²) in [5.41, 5.74) is 1.84. The van der Waals surface area contributed by atoms with E-state index in [-0.39, 0.29) is 17.4 Å². The highest BCUT2D eigenvalue weighted by molar-refractivity contribution is 7.53. The van der Waals surface area contributed by atoms with Crippen LogP contribution < -0.4 is 9.47 Å². The first-order valence-electron chi connectivity index (χ1n) is 17.7. The molecule has 4 rings (SSSR count). The van der Waals surface area contributed by atoms with Crippen LogP contribution in [0.5, 0.6) is 11.5 Å². The molecular weight excluding hydrogens is 571 g/mol. The second-order valence-corrected chi connectivity index (χ2v) is 16.2. The van der Waals surface area contributed by atoms with Gasteiger partial charge in [0.05, 0.1) is 6.61 Å². The number of carbonyl (C=O) groups excluding carboxylic acids is 1. The number of hydrogen-bond donors (Lipinski definition) is 0. The molecule has 0 aromatic heterocycles. The average Bonchev–Trinajstić information content (AvgIpc) is 2.96. The molecule has 0 spiro atoms. The van der Waals surface area contributed by atoms with Crippen LogP contribution >= 0.6 is 7.60 Å². The van der Waals surface area contributed by atoms with Gasteiger partial charge in [-0.25, -0.2) is 4.79 Å². The zero-order valence-electron chi connectivity index (χ0n) is 28.5. The summed E-state index contributed by atoms with van der Waals surface area (Å²) >= 11 is 0. The molecule has 1 aromatic carbocycles. The van der Waals surface area contributed by atoms with E-state index >= 15 is 0 Å². The van der Waals surface area contributed by atoms with Crippen molar-refractivity contribution in [3.05, 3.63) is 34.9 Å². The average molecular weight is 631 g/mol. The van der Waals surface area contributed by atoms with Crippen molar-refractivity contribution in [2.45, 2.75) is 161 Å². The summed E-state index contributed by atoms with van der Waals surface area (Å²) in [5, 5.41) is 0. The van der Waals surface area contributed by atoms with Gasteiger partial charge in [0.25, 0.3) is 0 Å². The van der Waals surface area contributed by atoms with E-state index in [0.717, 1.165) is 93.9 Å². The number of hydrogen-bond acceptors (Lipinski definition) is 6. The van der Waals surface area contributed by atoms with Crippen LogP contribution in [-0.4, -0.2) is 30.4 Å². The lowest BCUT2D eigenvalue weighted by Gasteiger charge is -2.47. The number of carbonyl (C=O) groups is 1. The van der Waals surface area contributed by atoms with E-state index in [2.05, 4.69) is 52.8 Å². The summed E-state index contributed by atoms with van der Waals surface area (Å²) in [6.45, 7) is 12.9. The van der Waals surface area contributed by atoms with Gasteiger partial charge in [0, 0.05) is 24.1 Å². The van der Waals surface area contributed by atoms with Gasteiger partial charge in [-0.1, -0.05) is 76.9 Å². The van der Waals surface area contributed by atoms with Crippen LogP contribution in [0.4, 0.5) is 0 Å².